The van der Waals surface area contributed by atoms with Gasteiger partial charge in [0.2, 0.25) is 11.8 Å². The van der Waals surface area contributed by atoms with Gasteiger partial charge in [0, 0.05) is 31.6 Å². The molecular weight excluding hydrogens is 316 g/mol. The SMILES string of the molecule is CCOC1CC(CC(=O)NCCc2nc(-c3ccccc3)oc2C)C1. The van der Waals surface area contributed by atoms with Crippen LogP contribution in [0.2, 0.25) is 0 Å². The van der Waals surface area contributed by atoms with Crippen molar-refractivity contribution < 1.29 is 13.9 Å². The van der Waals surface area contributed by atoms with E-state index >= 15 is 0 Å². The van der Waals surface area contributed by atoms with Crippen molar-refractivity contribution in [2.24, 2.45) is 5.92 Å². The molecule has 1 aromatic carbocycles. The Balaban J connectivity index is 1.42. The standard InChI is InChI=1S/C20H26N2O3/c1-3-24-17-11-15(12-17)13-19(23)21-10-9-18-14(2)25-20(22-18)16-7-5-4-6-8-16/h4-8,15,17H,3,9-13H2,1-2H3,(H,21,23). The number of nitrogens with zero attached hydrogens (tertiary/aromatic N) is 1. The number of ether oxygens (including phenoxy) is 1. The van der Waals surface area contributed by atoms with Crippen molar-refractivity contribution in [2.45, 2.75) is 45.6 Å². The van der Waals surface area contributed by atoms with Gasteiger partial charge in [0.25, 0.3) is 0 Å². The minimum Gasteiger partial charge on any atom is -0.441 e. The third kappa shape index (κ3) is 4.69. The van der Waals surface area contributed by atoms with Crippen LogP contribution in [0.4, 0.5) is 0 Å². The van der Waals surface area contributed by atoms with E-state index in [0.717, 1.165) is 36.5 Å². The van der Waals surface area contributed by atoms with E-state index in [1.165, 1.54) is 0 Å². The zero-order valence-corrected chi connectivity index (χ0v) is 15.0. The Bertz CT molecular complexity index is 690. The van der Waals surface area contributed by atoms with Gasteiger partial charge in [-0.2, -0.15) is 0 Å². The zero-order valence-electron chi connectivity index (χ0n) is 15.0. The molecule has 0 spiro atoms. The third-order valence-corrected chi connectivity index (χ3v) is 4.67. The van der Waals surface area contributed by atoms with Gasteiger partial charge in [-0.3, -0.25) is 4.79 Å². The lowest BCUT2D eigenvalue weighted by Crippen LogP contribution is -2.36. The molecule has 1 heterocycles. The highest BCUT2D eigenvalue weighted by Crippen LogP contribution is 2.32. The summed E-state index contributed by atoms with van der Waals surface area (Å²) in [5.74, 6) is 2.03. The predicted molar refractivity (Wildman–Crippen MR) is 96.1 cm³/mol. The smallest absolute Gasteiger partial charge is 0.226 e. The number of hydrogen-bond donors (Lipinski definition) is 1. The van der Waals surface area contributed by atoms with E-state index in [9.17, 15) is 4.79 Å². The summed E-state index contributed by atoms with van der Waals surface area (Å²) in [6, 6.07) is 9.85. The fourth-order valence-corrected chi connectivity index (χ4v) is 3.23. The number of benzene rings is 1. The molecule has 0 unspecified atom stereocenters. The summed E-state index contributed by atoms with van der Waals surface area (Å²) in [6.07, 6.45) is 3.64. The van der Waals surface area contributed by atoms with Crippen LogP contribution in [0.3, 0.4) is 0 Å². The van der Waals surface area contributed by atoms with Gasteiger partial charge in [-0.25, -0.2) is 4.98 Å². The van der Waals surface area contributed by atoms with Gasteiger partial charge in [0.15, 0.2) is 0 Å². The normalized spacial score (nSPS) is 19.4. The Kier molecular flexibility index (Phi) is 5.87. The van der Waals surface area contributed by atoms with Crippen LogP contribution in [0.15, 0.2) is 34.7 Å². The molecule has 1 saturated carbocycles. The molecule has 1 aliphatic rings. The molecule has 5 nitrogen and oxygen atoms in total. The van der Waals surface area contributed by atoms with Crippen LogP contribution < -0.4 is 5.32 Å². The second kappa shape index (κ2) is 8.30. The highest BCUT2D eigenvalue weighted by Gasteiger charge is 2.30. The fraction of sp³-hybridized carbons (Fsp3) is 0.500. The highest BCUT2D eigenvalue weighted by molar-refractivity contribution is 5.76. The molecule has 3 rings (SSSR count). The van der Waals surface area contributed by atoms with Crippen LogP contribution in [0.25, 0.3) is 11.5 Å². The molecule has 25 heavy (non-hydrogen) atoms. The summed E-state index contributed by atoms with van der Waals surface area (Å²) in [6.45, 7) is 5.27. The number of carbonyl (C=O) groups excluding carboxylic acids is 1. The monoisotopic (exact) mass is 342 g/mol. The van der Waals surface area contributed by atoms with Crippen molar-refractivity contribution in [3.8, 4) is 11.5 Å². The lowest BCUT2D eigenvalue weighted by molar-refractivity contribution is -0.124. The minimum atomic E-state index is 0.115. The number of nitrogens with one attached hydrogen (secondary N) is 1. The average Bonchev–Trinajstić information content (AvgIpc) is 2.95. The Hall–Kier alpha value is -2.14. The van der Waals surface area contributed by atoms with Crippen molar-refractivity contribution >= 4 is 5.91 Å². The fourth-order valence-electron chi connectivity index (χ4n) is 3.23. The first kappa shape index (κ1) is 17.7. The zero-order chi connectivity index (χ0) is 17.6. The number of aryl methyl sites for hydroxylation is 1. The van der Waals surface area contributed by atoms with Crippen LogP contribution in [0, 0.1) is 12.8 Å². The molecular formula is C20H26N2O3. The van der Waals surface area contributed by atoms with Gasteiger partial charge >= 0.3 is 0 Å². The molecule has 1 fully saturated rings. The molecule has 1 amide bonds. The van der Waals surface area contributed by atoms with Crippen LogP contribution in [-0.4, -0.2) is 30.1 Å². The van der Waals surface area contributed by atoms with Crippen LogP contribution in [0.5, 0.6) is 0 Å². The van der Waals surface area contributed by atoms with E-state index in [4.69, 9.17) is 9.15 Å². The van der Waals surface area contributed by atoms with Crippen molar-refractivity contribution in [3.63, 3.8) is 0 Å². The van der Waals surface area contributed by atoms with Gasteiger partial charge in [-0.15, -0.1) is 0 Å². The van der Waals surface area contributed by atoms with Crippen LogP contribution in [0.1, 0.15) is 37.6 Å². The maximum atomic E-state index is 12.0. The molecule has 2 aromatic rings. The van der Waals surface area contributed by atoms with Crippen molar-refractivity contribution in [3.05, 3.63) is 41.8 Å². The van der Waals surface area contributed by atoms with E-state index in [0.29, 0.717) is 37.3 Å². The number of carbonyl (C=O) groups is 1. The molecule has 1 aliphatic carbocycles. The first-order valence-corrected chi connectivity index (χ1v) is 9.05. The first-order valence-electron chi connectivity index (χ1n) is 9.05. The number of oxazole rings is 1. The molecule has 0 aliphatic heterocycles. The Morgan fingerprint density at radius 3 is 2.80 bits per heavy atom. The number of amides is 1. The second-order valence-corrected chi connectivity index (χ2v) is 6.61. The van der Waals surface area contributed by atoms with Crippen LogP contribution >= 0.6 is 0 Å². The minimum absolute atomic E-state index is 0.115. The van der Waals surface area contributed by atoms with Gasteiger partial charge in [-0.05, 0) is 44.7 Å². The number of aromatic nitrogens is 1. The van der Waals surface area contributed by atoms with Crippen molar-refractivity contribution in [1.82, 2.24) is 10.3 Å². The molecule has 0 bridgehead atoms. The van der Waals surface area contributed by atoms with Gasteiger partial charge in [-0.1, -0.05) is 18.2 Å². The van der Waals surface area contributed by atoms with Crippen LogP contribution in [-0.2, 0) is 16.0 Å². The number of hydrogen-bond acceptors (Lipinski definition) is 4. The molecule has 0 atom stereocenters. The van der Waals surface area contributed by atoms with E-state index in [1.807, 2.05) is 44.2 Å². The molecule has 134 valence electrons. The summed E-state index contributed by atoms with van der Waals surface area (Å²) < 4.78 is 11.3. The summed E-state index contributed by atoms with van der Waals surface area (Å²) in [5, 5.41) is 2.99. The van der Waals surface area contributed by atoms with Gasteiger partial charge < -0.3 is 14.5 Å². The first-order chi connectivity index (χ1) is 12.2. The number of rotatable bonds is 8. The highest BCUT2D eigenvalue weighted by atomic mass is 16.5. The molecule has 5 heteroatoms. The third-order valence-electron chi connectivity index (χ3n) is 4.67. The van der Waals surface area contributed by atoms with Gasteiger partial charge in [0.1, 0.15) is 5.76 Å². The van der Waals surface area contributed by atoms with Crippen molar-refractivity contribution in [1.29, 1.82) is 0 Å². The van der Waals surface area contributed by atoms with E-state index in [1.54, 1.807) is 0 Å². The topological polar surface area (TPSA) is 64.4 Å². The van der Waals surface area contributed by atoms with E-state index in [2.05, 4.69) is 10.3 Å². The second-order valence-electron chi connectivity index (χ2n) is 6.61. The van der Waals surface area contributed by atoms with E-state index < -0.39 is 0 Å². The maximum Gasteiger partial charge on any atom is 0.226 e. The quantitative estimate of drug-likeness (QED) is 0.797. The molecule has 0 saturated heterocycles. The molecule has 1 aromatic heterocycles. The molecule has 1 N–H and O–H groups in total. The Morgan fingerprint density at radius 1 is 1.32 bits per heavy atom. The van der Waals surface area contributed by atoms with E-state index in [-0.39, 0.29) is 5.91 Å². The largest absolute Gasteiger partial charge is 0.441 e. The van der Waals surface area contributed by atoms with Gasteiger partial charge in [0.05, 0.1) is 11.8 Å². The summed E-state index contributed by atoms with van der Waals surface area (Å²) in [4.78, 5) is 16.6. The van der Waals surface area contributed by atoms with Crippen molar-refractivity contribution in [2.75, 3.05) is 13.2 Å². The Morgan fingerprint density at radius 2 is 2.08 bits per heavy atom. The average molecular weight is 342 g/mol. The Labute approximate surface area is 148 Å². The lowest BCUT2D eigenvalue weighted by Gasteiger charge is -2.34. The lowest BCUT2D eigenvalue weighted by atomic mass is 9.80. The predicted octanol–water partition coefficient (Wildman–Crippen LogP) is 3.51. The summed E-state index contributed by atoms with van der Waals surface area (Å²) in [7, 11) is 0. The summed E-state index contributed by atoms with van der Waals surface area (Å²) >= 11 is 0. The molecule has 0 radical (unpaired) electrons. The maximum absolute atomic E-state index is 12.0. The summed E-state index contributed by atoms with van der Waals surface area (Å²) in [5.41, 5.74) is 1.87.